The van der Waals surface area contributed by atoms with Crippen molar-refractivity contribution in [3.63, 3.8) is 0 Å². The van der Waals surface area contributed by atoms with Crippen molar-refractivity contribution in [1.82, 2.24) is 0 Å². The van der Waals surface area contributed by atoms with Gasteiger partial charge < -0.3 is 19.3 Å². The molecule has 1 atom stereocenters. The van der Waals surface area contributed by atoms with Gasteiger partial charge in [0.05, 0.1) is 38.0 Å². The predicted molar refractivity (Wildman–Crippen MR) is 128 cm³/mol. The van der Waals surface area contributed by atoms with E-state index in [1.165, 1.54) is 38.5 Å². The van der Waals surface area contributed by atoms with Gasteiger partial charge in [0, 0.05) is 11.8 Å². The molecule has 1 N–H and O–H groups in total. The summed E-state index contributed by atoms with van der Waals surface area (Å²) in [6.07, 6.45) is 0. The second-order valence-electron chi connectivity index (χ2n) is 7.96. The Morgan fingerprint density at radius 1 is 0.892 bits per heavy atom. The molecular formula is C27H22F3NO6. The van der Waals surface area contributed by atoms with Gasteiger partial charge in [0.1, 0.15) is 17.3 Å². The molecule has 192 valence electrons. The number of carbonyl (C=O) groups excluding carboxylic acids is 2. The first-order valence-corrected chi connectivity index (χ1v) is 11.1. The maximum atomic E-state index is 14.2. The van der Waals surface area contributed by atoms with Crippen LogP contribution in [0.15, 0.2) is 60.2 Å². The Kier molecular flexibility index (Phi) is 7.10. The molecule has 1 aliphatic heterocycles. The molecule has 1 aliphatic rings. The second kappa shape index (κ2) is 10.3. The number of ketones is 1. The third-order valence-electron chi connectivity index (χ3n) is 5.85. The molecule has 0 aromatic heterocycles. The average molecular weight is 513 g/mol. The number of methoxy groups -OCH3 is 2. The van der Waals surface area contributed by atoms with Gasteiger partial charge in [0.15, 0.2) is 23.1 Å². The van der Waals surface area contributed by atoms with Crippen molar-refractivity contribution < 1.29 is 42.1 Å². The number of amides is 1. The monoisotopic (exact) mass is 513 g/mol. The number of benzene rings is 3. The lowest BCUT2D eigenvalue weighted by molar-refractivity contribution is -0.132. The van der Waals surface area contributed by atoms with Crippen LogP contribution in [-0.4, -0.2) is 37.6 Å². The molecule has 10 heteroatoms. The fraction of sp³-hybridized carbons (Fsp3) is 0.185. The zero-order valence-electron chi connectivity index (χ0n) is 20.1. The molecule has 3 aromatic rings. The molecule has 1 unspecified atom stereocenters. The lowest BCUT2D eigenvalue weighted by Gasteiger charge is -2.26. The average Bonchev–Trinajstić information content (AvgIpc) is 3.15. The van der Waals surface area contributed by atoms with Gasteiger partial charge in [-0.1, -0.05) is 6.07 Å². The van der Waals surface area contributed by atoms with Crippen molar-refractivity contribution in [2.45, 2.75) is 13.0 Å². The molecule has 37 heavy (non-hydrogen) atoms. The highest BCUT2D eigenvalue weighted by Gasteiger charge is 2.47. The first-order valence-electron chi connectivity index (χ1n) is 11.1. The molecule has 0 radical (unpaired) electrons. The van der Waals surface area contributed by atoms with Crippen LogP contribution >= 0.6 is 0 Å². The third-order valence-corrected chi connectivity index (χ3v) is 5.85. The number of halogens is 3. The van der Waals surface area contributed by atoms with E-state index in [9.17, 15) is 27.9 Å². The third kappa shape index (κ3) is 4.57. The van der Waals surface area contributed by atoms with Crippen LogP contribution in [0.3, 0.4) is 0 Å². The van der Waals surface area contributed by atoms with Crippen molar-refractivity contribution in [3.05, 3.63) is 88.7 Å². The van der Waals surface area contributed by atoms with E-state index in [0.717, 1.165) is 35.2 Å². The molecule has 7 nitrogen and oxygen atoms in total. The molecule has 1 heterocycles. The van der Waals surface area contributed by atoms with E-state index in [4.69, 9.17) is 14.2 Å². The van der Waals surface area contributed by atoms with Gasteiger partial charge in [-0.3, -0.25) is 14.5 Å². The minimum atomic E-state index is -1.32. The predicted octanol–water partition coefficient (Wildman–Crippen LogP) is 5.15. The van der Waals surface area contributed by atoms with Crippen molar-refractivity contribution >= 4 is 23.1 Å². The van der Waals surface area contributed by atoms with Crippen LogP contribution in [0.2, 0.25) is 0 Å². The summed E-state index contributed by atoms with van der Waals surface area (Å²) in [6, 6.07) is 9.28. The number of rotatable bonds is 7. The van der Waals surface area contributed by atoms with Crippen LogP contribution in [0.4, 0.5) is 18.9 Å². The van der Waals surface area contributed by atoms with Crippen LogP contribution in [0.25, 0.3) is 5.76 Å². The van der Waals surface area contributed by atoms with E-state index < -0.39 is 46.5 Å². The maximum Gasteiger partial charge on any atom is 0.300 e. The summed E-state index contributed by atoms with van der Waals surface area (Å²) in [5.41, 5.74) is -0.435. The summed E-state index contributed by atoms with van der Waals surface area (Å²) in [5, 5.41) is 11.3. The summed E-state index contributed by atoms with van der Waals surface area (Å²) >= 11 is 0. The zero-order chi connectivity index (χ0) is 26.9. The number of carbonyl (C=O) groups is 2. The highest BCUT2D eigenvalue weighted by molar-refractivity contribution is 6.51. The quantitative estimate of drug-likeness (QED) is 0.267. The minimum Gasteiger partial charge on any atom is -0.507 e. The Labute approximate surface area is 210 Å². The summed E-state index contributed by atoms with van der Waals surface area (Å²) in [5.74, 6) is -5.37. The molecule has 0 aliphatic carbocycles. The largest absolute Gasteiger partial charge is 0.507 e. The van der Waals surface area contributed by atoms with E-state index in [2.05, 4.69) is 0 Å². The smallest absolute Gasteiger partial charge is 0.300 e. The van der Waals surface area contributed by atoms with Crippen LogP contribution < -0.4 is 19.1 Å². The van der Waals surface area contributed by atoms with E-state index in [1.807, 2.05) is 0 Å². The number of hydrogen-bond acceptors (Lipinski definition) is 6. The Balaban J connectivity index is 2.01. The second-order valence-corrected chi connectivity index (χ2v) is 7.96. The van der Waals surface area contributed by atoms with Crippen molar-refractivity contribution in [3.8, 4) is 17.2 Å². The fourth-order valence-electron chi connectivity index (χ4n) is 4.19. The maximum absolute atomic E-state index is 14.2. The van der Waals surface area contributed by atoms with Crippen LogP contribution in [0.1, 0.15) is 24.1 Å². The molecule has 1 saturated heterocycles. The van der Waals surface area contributed by atoms with Crippen molar-refractivity contribution in [2.24, 2.45) is 0 Å². The van der Waals surface area contributed by atoms with Gasteiger partial charge in [0.2, 0.25) is 0 Å². The molecule has 4 rings (SSSR count). The first kappa shape index (κ1) is 25.6. The minimum absolute atomic E-state index is 0.0430. The summed E-state index contributed by atoms with van der Waals surface area (Å²) in [4.78, 5) is 27.5. The molecule has 1 fully saturated rings. The summed E-state index contributed by atoms with van der Waals surface area (Å²) in [6.45, 7) is 2.01. The molecule has 3 aromatic carbocycles. The number of hydrogen-bond donors (Lipinski definition) is 1. The SMILES string of the molecule is CCOc1cc(C2/C(=C(\O)c3cc(F)ccc3OC)C(=O)C(=O)N2c2ccc(F)c(F)c2)ccc1OC. The van der Waals surface area contributed by atoms with Gasteiger partial charge in [-0.25, -0.2) is 13.2 Å². The van der Waals surface area contributed by atoms with Gasteiger partial charge in [-0.15, -0.1) is 0 Å². The highest BCUT2D eigenvalue weighted by Crippen LogP contribution is 2.45. The van der Waals surface area contributed by atoms with Gasteiger partial charge in [0.25, 0.3) is 11.7 Å². The van der Waals surface area contributed by atoms with Crippen molar-refractivity contribution in [1.29, 1.82) is 0 Å². The molecule has 0 spiro atoms. The van der Waals surface area contributed by atoms with Crippen LogP contribution in [-0.2, 0) is 9.59 Å². The Bertz CT molecular complexity index is 1420. The standard InChI is InChI=1S/C27H22F3NO6/c1-4-37-22-11-14(5-9-21(22)36-3)24-23(25(32)17-12-15(28)6-10-20(17)35-2)26(33)27(34)31(24)16-7-8-18(29)19(30)13-16/h5-13,24,32H,4H2,1-3H3/b25-23+. The summed E-state index contributed by atoms with van der Waals surface area (Å²) < 4.78 is 58.1. The van der Waals surface area contributed by atoms with E-state index >= 15 is 0 Å². The van der Waals surface area contributed by atoms with E-state index in [1.54, 1.807) is 6.92 Å². The van der Waals surface area contributed by atoms with Crippen LogP contribution in [0.5, 0.6) is 17.2 Å². The lowest BCUT2D eigenvalue weighted by Crippen LogP contribution is -2.29. The van der Waals surface area contributed by atoms with Crippen LogP contribution in [0, 0.1) is 17.5 Å². The van der Waals surface area contributed by atoms with Crippen molar-refractivity contribution in [2.75, 3.05) is 25.7 Å². The molecule has 1 amide bonds. The topological polar surface area (TPSA) is 85.3 Å². The van der Waals surface area contributed by atoms with Gasteiger partial charge in [-0.2, -0.15) is 0 Å². The number of aliphatic hydroxyl groups is 1. The Morgan fingerprint density at radius 3 is 2.24 bits per heavy atom. The fourth-order valence-corrected chi connectivity index (χ4v) is 4.19. The number of nitrogens with zero attached hydrogens (tertiary/aromatic N) is 1. The highest BCUT2D eigenvalue weighted by atomic mass is 19.2. The Hall–Kier alpha value is -4.47. The molecule has 0 saturated carbocycles. The van der Waals surface area contributed by atoms with Gasteiger partial charge in [-0.05, 0) is 55.0 Å². The lowest BCUT2D eigenvalue weighted by atomic mass is 9.94. The Morgan fingerprint density at radius 2 is 1.59 bits per heavy atom. The number of aliphatic hydroxyl groups excluding tert-OH is 1. The number of ether oxygens (including phenoxy) is 3. The van der Waals surface area contributed by atoms with E-state index in [-0.39, 0.29) is 34.9 Å². The van der Waals surface area contributed by atoms with Gasteiger partial charge >= 0.3 is 0 Å². The normalized spacial score (nSPS) is 16.7. The summed E-state index contributed by atoms with van der Waals surface area (Å²) in [7, 11) is 2.72. The number of Topliss-reactive ketones (excluding diaryl/α,β-unsaturated/α-hetero) is 1. The molecular weight excluding hydrogens is 491 g/mol. The first-order chi connectivity index (χ1) is 17.7. The number of anilines is 1. The zero-order valence-corrected chi connectivity index (χ0v) is 20.1. The van der Waals surface area contributed by atoms with E-state index in [0.29, 0.717) is 5.75 Å². The molecule has 0 bridgehead atoms.